The van der Waals surface area contributed by atoms with Crippen molar-refractivity contribution >= 4 is 29.5 Å². The van der Waals surface area contributed by atoms with Crippen LogP contribution in [0.5, 0.6) is 0 Å². The normalized spacial score (nSPS) is 22.3. The Bertz CT molecular complexity index is 352. The zero-order valence-electron chi connectivity index (χ0n) is 11.6. The molecule has 1 heterocycles. The van der Waals surface area contributed by atoms with Crippen molar-refractivity contribution in [3.05, 3.63) is 0 Å². The van der Waals surface area contributed by atoms with E-state index in [4.69, 9.17) is 25.8 Å². The second kappa shape index (κ2) is 8.09. The van der Waals surface area contributed by atoms with Crippen molar-refractivity contribution in [2.75, 3.05) is 19.1 Å². The van der Waals surface area contributed by atoms with Gasteiger partial charge in [-0.05, 0) is 26.2 Å². The topological polar surface area (TPSA) is 78.9 Å². The van der Waals surface area contributed by atoms with Gasteiger partial charge in [-0.2, -0.15) is 0 Å². The molecule has 0 amide bonds. The molecule has 0 aliphatic carbocycles. The molecule has 1 aliphatic rings. The van der Waals surface area contributed by atoms with Gasteiger partial charge in [0, 0.05) is 6.42 Å². The molecule has 20 heavy (non-hydrogen) atoms. The molecule has 0 aromatic rings. The zero-order valence-corrected chi connectivity index (χ0v) is 12.4. The lowest BCUT2D eigenvalue weighted by molar-refractivity contribution is -0.170. The fourth-order valence-electron chi connectivity index (χ4n) is 2.21. The van der Waals surface area contributed by atoms with Gasteiger partial charge in [0.1, 0.15) is 6.10 Å². The molecule has 2 atom stereocenters. The van der Waals surface area contributed by atoms with Crippen molar-refractivity contribution in [1.29, 1.82) is 0 Å². The summed E-state index contributed by atoms with van der Waals surface area (Å²) in [5, 5.41) is 0. The second-order valence-electron chi connectivity index (χ2n) is 4.45. The van der Waals surface area contributed by atoms with Crippen LogP contribution in [0.25, 0.3) is 0 Å². The molecule has 1 saturated heterocycles. The Balaban J connectivity index is 2.87. The second-order valence-corrected chi connectivity index (χ2v) is 4.76. The maximum Gasteiger partial charge on any atom is 0.320 e. The van der Waals surface area contributed by atoms with Crippen LogP contribution in [-0.4, -0.2) is 43.1 Å². The van der Waals surface area contributed by atoms with Gasteiger partial charge in [-0.25, -0.2) is 0 Å². The highest BCUT2D eigenvalue weighted by molar-refractivity contribution is 6.18. The number of cyclic esters (lactones) is 1. The predicted octanol–water partition coefficient (Wildman–Crippen LogP) is 1.29. The highest BCUT2D eigenvalue weighted by Gasteiger charge is 2.42. The van der Waals surface area contributed by atoms with Gasteiger partial charge in [-0.1, -0.05) is 0 Å². The van der Waals surface area contributed by atoms with Gasteiger partial charge in [-0.15, -0.1) is 11.6 Å². The lowest BCUT2D eigenvalue weighted by Gasteiger charge is -2.30. The van der Waals surface area contributed by atoms with Crippen LogP contribution in [0.3, 0.4) is 0 Å². The van der Waals surface area contributed by atoms with E-state index in [-0.39, 0.29) is 25.5 Å². The molecule has 114 valence electrons. The third-order valence-corrected chi connectivity index (χ3v) is 3.36. The number of rotatable bonds is 6. The average Bonchev–Trinajstić information content (AvgIpc) is 2.38. The molecule has 0 saturated carbocycles. The Morgan fingerprint density at radius 1 is 1.30 bits per heavy atom. The molecular weight excluding hydrogens is 288 g/mol. The van der Waals surface area contributed by atoms with E-state index in [1.165, 1.54) is 0 Å². The SMILES string of the molecule is CCOC(=O)C(C(=O)OCC)[C@H]1CC(=O)O[C@H](CCl)C1. The van der Waals surface area contributed by atoms with E-state index in [2.05, 4.69) is 0 Å². The van der Waals surface area contributed by atoms with Crippen LogP contribution in [0.2, 0.25) is 0 Å². The first-order chi connectivity index (χ1) is 9.53. The number of carbonyl (C=O) groups excluding carboxylic acids is 3. The number of hydrogen-bond acceptors (Lipinski definition) is 6. The summed E-state index contributed by atoms with van der Waals surface area (Å²) < 4.78 is 14.8. The molecule has 0 aromatic carbocycles. The standard InChI is InChI=1S/C13H19ClO6/c1-3-18-12(16)11(13(17)19-4-2)8-5-9(7-14)20-10(15)6-8/h8-9,11H,3-7H2,1-2H3/t8-,9+/m1/s1. The molecule has 1 fully saturated rings. The number of hydrogen-bond donors (Lipinski definition) is 0. The van der Waals surface area contributed by atoms with Crippen molar-refractivity contribution in [3.63, 3.8) is 0 Å². The highest BCUT2D eigenvalue weighted by Crippen LogP contribution is 2.30. The molecule has 0 spiro atoms. The Labute approximate surface area is 122 Å². The Morgan fingerprint density at radius 2 is 1.85 bits per heavy atom. The summed E-state index contributed by atoms with van der Waals surface area (Å²) in [5.41, 5.74) is 0. The summed E-state index contributed by atoms with van der Waals surface area (Å²) in [6.07, 6.45) is -0.165. The Kier molecular flexibility index (Phi) is 6.78. The van der Waals surface area contributed by atoms with Gasteiger partial charge in [-0.3, -0.25) is 14.4 Å². The average molecular weight is 307 g/mol. The van der Waals surface area contributed by atoms with Crippen molar-refractivity contribution in [1.82, 2.24) is 0 Å². The molecule has 6 nitrogen and oxygen atoms in total. The minimum atomic E-state index is -1.10. The van der Waals surface area contributed by atoms with Crippen molar-refractivity contribution in [2.45, 2.75) is 32.8 Å². The lowest BCUT2D eigenvalue weighted by Crippen LogP contribution is -2.41. The predicted molar refractivity (Wildman–Crippen MR) is 70.1 cm³/mol. The van der Waals surface area contributed by atoms with Gasteiger partial charge in [0.15, 0.2) is 5.92 Å². The molecule has 1 aliphatic heterocycles. The number of alkyl halides is 1. The van der Waals surface area contributed by atoms with Crippen molar-refractivity contribution in [2.24, 2.45) is 11.8 Å². The van der Waals surface area contributed by atoms with Crippen LogP contribution in [0.1, 0.15) is 26.7 Å². The highest BCUT2D eigenvalue weighted by atomic mass is 35.5. The van der Waals surface area contributed by atoms with E-state index in [1.807, 2.05) is 0 Å². The number of halogens is 1. The van der Waals surface area contributed by atoms with E-state index in [0.717, 1.165) is 0 Å². The molecule has 7 heteroatoms. The summed E-state index contributed by atoms with van der Waals surface area (Å²) in [7, 11) is 0. The van der Waals surface area contributed by atoms with Crippen LogP contribution in [0.15, 0.2) is 0 Å². The molecular formula is C13H19ClO6. The zero-order chi connectivity index (χ0) is 15.1. The van der Waals surface area contributed by atoms with Crippen LogP contribution < -0.4 is 0 Å². The quantitative estimate of drug-likeness (QED) is 0.318. The van der Waals surface area contributed by atoms with Gasteiger partial charge in [0.2, 0.25) is 0 Å². The first-order valence-electron chi connectivity index (χ1n) is 6.62. The number of esters is 3. The molecule has 0 N–H and O–H groups in total. The van der Waals surface area contributed by atoms with Crippen LogP contribution >= 0.6 is 11.6 Å². The van der Waals surface area contributed by atoms with Crippen LogP contribution in [0.4, 0.5) is 0 Å². The van der Waals surface area contributed by atoms with E-state index in [9.17, 15) is 14.4 Å². The minimum Gasteiger partial charge on any atom is -0.465 e. The van der Waals surface area contributed by atoms with E-state index < -0.39 is 35.8 Å². The maximum atomic E-state index is 12.0. The summed E-state index contributed by atoms with van der Waals surface area (Å²) in [6.45, 7) is 3.61. The van der Waals surface area contributed by atoms with Gasteiger partial charge < -0.3 is 14.2 Å². The largest absolute Gasteiger partial charge is 0.465 e. The third kappa shape index (κ3) is 4.37. The number of carbonyl (C=O) groups is 3. The molecule has 0 unspecified atom stereocenters. The molecule has 1 rings (SSSR count). The maximum absolute atomic E-state index is 12.0. The van der Waals surface area contributed by atoms with Gasteiger partial charge in [0.05, 0.1) is 19.1 Å². The number of ether oxygens (including phenoxy) is 3. The molecule has 0 aromatic heterocycles. The van der Waals surface area contributed by atoms with Crippen molar-refractivity contribution in [3.8, 4) is 0 Å². The first-order valence-corrected chi connectivity index (χ1v) is 7.15. The fourth-order valence-corrected chi connectivity index (χ4v) is 2.40. The van der Waals surface area contributed by atoms with E-state index >= 15 is 0 Å². The third-order valence-electron chi connectivity index (χ3n) is 3.02. The van der Waals surface area contributed by atoms with Crippen LogP contribution in [0, 0.1) is 11.8 Å². The molecule has 0 radical (unpaired) electrons. The summed E-state index contributed by atoms with van der Waals surface area (Å²) in [5.74, 6) is -3.28. The van der Waals surface area contributed by atoms with Crippen LogP contribution in [-0.2, 0) is 28.6 Å². The summed E-state index contributed by atoms with van der Waals surface area (Å²) >= 11 is 5.69. The smallest absolute Gasteiger partial charge is 0.320 e. The van der Waals surface area contributed by atoms with E-state index in [0.29, 0.717) is 6.42 Å². The Morgan fingerprint density at radius 3 is 2.30 bits per heavy atom. The first kappa shape index (κ1) is 16.8. The minimum absolute atomic E-state index is 0.0182. The Hall–Kier alpha value is -1.30. The van der Waals surface area contributed by atoms with Crippen molar-refractivity contribution < 1.29 is 28.6 Å². The summed E-state index contributed by atoms with van der Waals surface area (Å²) in [4.78, 5) is 35.4. The van der Waals surface area contributed by atoms with Gasteiger partial charge >= 0.3 is 17.9 Å². The van der Waals surface area contributed by atoms with E-state index in [1.54, 1.807) is 13.8 Å². The monoisotopic (exact) mass is 306 g/mol. The molecule has 0 bridgehead atoms. The summed E-state index contributed by atoms with van der Waals surface area (Å²) in [6, 6.07) is 0. The fraction of sp³-hybridized carbons (Fsp3) is 0.769. The van der Waals surface area contributed by atoms with Gasteiger partial charge in [0.25, 0.3) is 0 Å². The lowest BCUT2D eigenvalue weighted by atomic mass is 9.83.